The lowest BCUT2D eigenvalue weighted by Gasteiger charge is -2.33. The van der Waals surface area contributed by atoms with Crippen LogP contribution in [0, 0.1) is 11.3 Å². The number of pyridine rings is 1. The number of carbonyl (C=O) groups excluding carboxylic acids is 1. The second-order valence-electron chi connectivity index (χ2n) is 9.18. The van der Waals surface area contributed by atoms with Crippen LogP contribution in [0.1, 0.15) is 18.4 Å². The Morgan fingerprint density at radius 3 is 2.67 bits per heavy atom. The van der Waals surface area contributed by atoms with Crippen LogP contribution in [-0.2, 0) is 4.79 Å². The molecule has 5 rings (SSSR count). The first-order valence-electron chi connectivity index (χ1n) is 12.1. The molecule has 2 aliphatic rings. The Morgan fingerprint density at radius 2 is 1.94 bits per heavy atom. The van der Waals surface area contributed by atoms with Gasteiger partial charge in [0.1, 0.15) is 17.9 Å². The van der Waals surface area contributed by atoms with Gasteiger partial charge in [-0.3, -0.25) is 4.79 Å². The van der Waals surface area contributed by atoms with Crippen molar-refractivity contribution in [3.8, 4) is 17.3 Å². The summed E-state index contributed by atoms with van der Waals surface area (Å²) in [6, 6.07) is 13.2. The van der Waals surface area contributed by atoms with E-state index < -0.39 is 0 Å². The lowest BCUT2D eigenvalue weighted by molar-refractivity contribution is -0.119. The molecule has 0 radical (unpaired) electrons. The summed E-state index contributed by atoms with van der Waals surface area (Å²) in [6.45, 7) is 4.68. The largest absolute Gasteiger partial charge is 0.368 e. The summed E-state index contributed by atoms with van der Waals surface area (Å²) in [7, 11) is 2.13. The summed E-state index contributed by atoms with van der Waals surface area (Å²) in [5.41, 5.74) is 9.05. The third kappa shape index (κ3) is 4.92. The number of nitriles is 1. The number of benzene rings is 1. The average Bonchev–Trinajstić information content (AvgIpc) is 3.40. The molecule has 1 atom stereocenters. The summed E-state index contributed by atoms with van der Waals surface area (Å²) < 4.78 is 0. The van der Waals surface area contributed by atoms with E-state index in [2.05, 4.69) is 43.2 Å². The Kier molecular flexibility index (Phi) is 6.64. The number of hydrogen-bond donors (Lipinski definition) is 2. The van der Waals surface area contributed by atoms with E-state index in [0.717, 1.165) is 55.4 Å². The van der Waals surface area contributed by atoms with Crippen molar-refractivity contribution < 1.29 is 4.79 Å². The summed E-state index contributed by atoms with van der Waals surface area (Å²) in [5, 5.41) is 13.0. The van der Waals surface area contributed by atoms with E-state index in [1.54, 1.807) is 24.5 Å². The predicted octanol–water partition coefficient (Wildman–Crippen LogP) is 2.36. The van der Waals surface area contributed by atoms with Crippen LogP contribution in [-0.4, -0.2) is 71.6 Å². The third-order valence-corrected chi connectivity index (χ3v) is 6.79. The number of amides is 1. The second-order valence-corrected chi connectivity index (χ2v) is 9.18. The number of carbonyl (C=O) groups is 1. The number of nitrogens with zero attached hydrogens (tertiary/aromatic N) is 7. The number of nitrogens with one attached hydrogen (secondary N) is 1. The third-order valence-electron chi connectivity index (χ3n) is 6.79. The molecule has 10 nitrogen and oxygen atoms in total. The molecule has 0 spiro atoms. The zero-order chi connectivity index (χ0) is 25.1. The number of rotatable bonds is 6. The summed E-state index contributed by atoms with van der Waals surface area (Å²) >= 11 is 0. The van der Waals surface area contributed by atoms with Crippen LogP contribution in [0.15, 0.2) is 48.8 Å². The number of primary amides is 1. The van der Waals surface area contributed by atoms with Crippen LogP contribution in [0.5, 0.6) is 0 Å². The van der Waals surface area contributed by atoms with Crippen LogP contribution in [0.3, 0.4) is 0 Å². The number of anilines is 4. The van der Waals surface area contributed by atoms with Crippen LogP contribution in [0.4, 0.5) is 23.1 Å². The first-order chi connectivity index (χ1) is 17.5. The molecule has 4 heterocycles. The highest BCUT2D eigenvalue weighted by molar-refractivity contribution is 5.85. The van der Waals surface area contributed by atoms with Crippen molar-refractivity contribution in [3.05, 3.63) is 54.4 Å². The summed E-state index contributed by atoms with van der Waals surface area (Å²) in [4.78, 5) is 32.0. The monoisotopic (exact) mass is 483 g/mol. The van der Waals surface area contributed by atoms with Gasteiger partial charge in [0.2, 0.25) is 11.9 Å². The van der Waals surface area contributed by atoms with Gasteiger partial charge in [0.05, 0.1) is 28.8 Å². The normalized spacial score (nSPS) is 18.2. The molecular formula is C26H29N9O. The first-order valence-corrected chi connectivity index (χ1v) is 12.1. The van der Waals surface area contributed by atoms with Gasteiger partial charge < -0.3 is 25.8 Å². The maximum absolute atomic E-state index is 11.8. The van der Waals surface area contributed by atoms with Crippen molar-refractivity contribution in [3.63, 3.8) is 0 Å². The van der Waals surface area contributed by atoms with E-state index in [1.807, 2.05) is 29.2 Å². The Balaban J connectivity index is 1.32. The van der Waals surface area contributed by atoms with Gasteiger partial charge in [-0.1, -0.05) is 6.07 Å². The summed E-state index contributed by atoms with van der Waals surface area (Å²) in [5.74, 6) is 1.04. The lowest BCUT2D eigenvalue weighted by atomic mass is 10.0. The van der Waals surface area contributed by atoms with Crippen LogP contribution in [0.25, 0.3) is 11.3 Å². The Bertz CT molecular complexity index is 1280. The zero-order valence-corrected chi connectivity index (χ0v) is 20.3. The molecule has 2 fully saturated rings. The molecule has 3 aromatic rings. The fourth-order valence-corrected chi connectivity index (χ4v) is 4.78. The fourth-order valence-electron chi connectivity index (χ4n) is 4.78. The van der Waals surface area contributed by atoms with Gasteiger partial charge in [-0.15, -0.1) is 0 Å². The number of nitrogens with two attached hydrogens (primary N) is 1. The molecule has 2 saturated heterocycles. The Labute approximate surface area is 210 Å². The molecular weight excluding hydrogens is 454 g/mol. The minimum absolute atomic E-state index is 0.363. The highest BCUT2D eigenvalue weighted by Crippen LogP contribution is 2.31. The standard InChI is InChI=1S/C26H29N9O/c1-33-11-13-34(14-12-33)24-7-5-20(17-30-24)31-26-29-9-8-21(32-26)18-4-6-22(19(15-18)16-27)35-10-2-3-23(35)25(28)36/h4-9,15,17,23H,2-3,10-14H2,1H3,(H2,28,36)(H,29,31,32). The van der Waals surface area contributed by atoms with Crippen molar-refractivity contribution >= 4 is 29.0 Å². The maximum Gasteiger partial charge on any atom is 0.240 e. The van der Waals surface area contributed by atoms with Gasteiger partial charge in [-0.05, 0) is 50.2 Å². The smallest absolute Gasteiger partial charge is 0.240 e. The highest BCUT2D eigenvalue weighted by atomic mass is 16.1. The molecule has 1 aromatic carbocycles. The van der Waals surface area contributed by atoms with Crippen LogP contribution in [0.2, 0.25) is 0 Å². The van der Waals surface area contributed by atoms with Crippen LogP contribution < -0.4 is 20.9 Å². The highest BCUT2D eigenvalue weighted by Gasteiger charge is 2.30. The molecule has 0 bridgehead atoms. The number of aromatic nitrogens is 3. The molecule has 1 unspecified atom stereocenters. The van der Waals surface area contributed by atoms with E-state index >= 15 is 0 Å². The molecule has 36 heavy (non-hydrogen) atoms. The molecule has 3 N–H and O–H groups in total. The van der Waals surface area contributed by atoms with Gasteiger partial charge in [-0.25, -0.2) is 15.0 Å². The van der Waals surface area contributed by atoms with Gasteiger partial charge >= 0.3 is 0 Å². The molecule has 2 aromatic heterocycles. The minimum Gasteiger partial charge on any atom is -0.368 e. The Hall–Kier alpha value is -4.23. The zero-order valence-electron chi connectivity index (χ0n) is 20.3. The Morgan fingerprint density at radius 1 is 1.11 bits per heavy atom. The van der Waals surface area contributed by atoms with E-state index in [0.29, 0.717) is 30.2 Å². The van der Waals surface area contributed by atoms with Crippen LogP contribution >= 0.6 is 0 Å². The fraction of sp³-hybridized carbons (Fsp3) is 0.346. The molecule has 0 aliphatic carbocycles. The quantitative estimate of drug-likeness (QED) is 0.543. The van der Waals surface area contributed by atoms with E-state index in [9.17, 15) is 10.1 Å². The SMILES string of the molecule is CN1CCN(c2ccc(Nc3nccc(-c4ccc(N5CCCC5C(N)=O)c(C#N)c4)n3)cn2)CC1. The maximum atomic E-state index is 11.8. The topological polar surface area (TPSA) is 127 Å². The van der Waals surface area contributed by atoms with Gasteiger partial charge in [0.25, 0.3) is 0 Å². The van der Waals surface area contributed by atoms with Crippen molar-refractivity contribution in [2.24, 2.45) is 5.73 Å². The average molecular weight is 484 g/mol. The summed E-state index contributed by atoms with van der Waals surface area (Å²) in [6.07, 6.45) is 5.04. The van der Waals surface area contributed by atoms with Crippen molar-refractivity contribution in [1.82, 2.24) is 19.9 Å². The molecule has 10 heteroatoms. The number of hydrogen-bond acceptors (Lipinski definition) is 9. The molecule has 0 saturated carbocycles. The van der Waals surface area contributed by atoms with E-state index in [1.165, 1.54) is 0 Å². The van der Waals surface area contributed by atoms with E-state index in [-0.39, 0.29) is 11.9 Å². The molecule has 184 valence electrons. The van der Waals surface area contributed by atoms with E-state index in [4.69, 9.17) is 5.73 Å². The molecule has 2 aliphatic heterocycles. The number of piperazine rings is 1. The van der Waals surface area contributed by atoms with Crippen molar-refractivity contribution in [2.45, 2.75) is 18.9 Å². The predicted molar refractivity (Wildman–Crippen MR) is 139 cm³/mol. The van der Waals surface area contributed by atoms with Gasteiger partial charge in [0, 0.05) is 44.5 Å². The second kappa shape index (κ2) is 10.2. The van der Waals surface area contributed by atoms with Crippen molar-refractivity contribution in [2.75, 3.05) is 54.9 Å². The van der Waals surface area contributed by atoms with Crippen molar-refractivity contribution in [1.29, 1.82) is 5.26 Å². The number of likely N-dealkylation sites (N-methyl/N-ethyl adjacent to an activating group) is 1. The minimum atomic E-state index is -0.381. The molecule has 1 amide bonds. The van der Waals surface area contributed by atoms with Gasteiger partial charge in [-0.2, -0.15) is 5.26 Å². The van der Waals surface area contributed by atoms with Gasteiger partial charge in [0.15, 0.2) is 0 Å². The first kappa shape index (κ1) is 23.5. The lowest BCUT2D eigenvalue weighted by Crippen LogP contribution is -2.44.